The summed E-state index contributed by atoms with van der Waals surface area (Å²) in [6.45, 7) is 3.07. The molecule has 3 aromatic rings. The van der Waals surface area contributed by atoms with E-state index in [1.54, 1.807) is 0 Å². The van der Waals surface area contributed by atoms with E-state index in [4.69, 9.17) is 0 Å². The quantitative estimate of drug-likeness (QED) is 0.781. The maximum absolute atomic E-state index is 9.69. The lowest BCUT2D eigenvalue weighted by atomic mass is 10.1. The number of aliphatic hydroxyl groups excluding tert-OH is 1. The SMILES string of the molecule is Cc1ccccc1N1CCc2c(CO)nc3ccccc3c21. The highest BCUT2D eigenvalue weighted by Crippen LogP contribution is 2.41. The number of para-hydroxylation sites is 2. The van der Waals surface area contributed by atoms with Gasteiger partial charge in [0, 0.05) is 23.2 Å². The lowest BCUT2D eigenvalue weighted by molar-refractivity contribution is 0.276. The van der Waals surface area contributed by atoms with Crippen LogP contribution in [-0.2, 0) is 13.0 Å². The van der Waals surface area contributed by atoms with Gasteiger partial charge in [-0.05, 0) is 31.0 Å². The Morgan fingerprint density at radius 2 is 1.86 bits per heavy atom. The molecule has 0 amide bonds. The van der Waals surface area contributed by atoms with E-state index in [0.29, 0.717) is 0 Å². The average molecular weight is 290 g/mol. The Morgan fingerprint density at radius 1 is 1.09 bits per heavy atom. The lowest BCUT2D eigenvalue weighted by Crippen LogP contribution is -2.14. The summed E-state index contributed by atoms with van der Waals surface area (Å²) < 4.78 is 0. The van der Waals surface area contributed by atoms with Crippen LogP contribution in [0.5, 0.6) is 0 Å². The molecule has 1 aliphatic rings. The van der Waals surface area contributed by atoms with Crippen molar-refractivity contribution in [1.29, 1.82) is 0 Å². The molecule has 0 unspecified atom stereocenters. The number of fused-ring (bicyclic) bond motifs is 3. The fourth-order valence-electron chi connectivity index (χ4n) is 3.43. The van der Waals surface area contributed by atoms with Crippen LogP contribution >= 0.6 is 0 Å². The summed E-state index contributed by atoms with van der Waals surface area (Å²) in [7, 11) is 0. The van der Waals surface area contributed by atoms with Gasteiger partial charge in [0.1, 0.15) is 0 Å². The molecule has 2 heterocycles. The number of nitrogens with zero attached hydrogens (tertiary/aromatic N) is 2. The Bertz CT molecular complexity index is 857. The summed E-state index contributed by atoms with van der Waals surface area (Å²) in [4.78, 5) is 7.01. The Morgan fingerprint density at radius 3 is 2.68 bits per heavy atom. The standard InChI is InChI=1S/C19H18N2O/c1-13-6-2-5-9-18(13)21-11-10-15-17(12-22)20-16-8-4-3-7-14(16)19(15)21/h2-9,22H,10-12H2,1H3. The van der Waals surface area contributed by atoms with Gasteiger partial charge in [0.2, 0.25) is 0 Å². The largest absolute Gasteiger partial charge is 0.390 e. The number of hydrogen-bond acceptors (Lipinski definition) is 3. The third-order valence-corrected chi connectivity index (χ3v) is 4.46. The van der Waals surface area contributed by atoms with E-state index in [-0.39, 0.29) is 6.61 Å². The normalized spacial score (nSPS) is 13.6. The first-order valence-corrected chi connectivity index (χ1v) is 7.64. The smallest absolute Gasteiger partial charge is 0.0856 e. The molecule has 22 heavy (non-hydrogen) atoms. The van der Waals surface area contributed by atoms with E-state index in [2.05, 4.69) is 53.2 Å². The Hall–Kier alpha value is -2.39. The summed E-state index contributed by atoms with van der Waals surface area (Å²) in [6.07, 6.45) is 0.928. The van der Waals surface area contributed by atoms with Crippen LogP contribution < -0.4 is 4.90 Å². The van der Waals surface area contributed by atoms with E-state index >= 15 is 0 Å². The third-order valence-electron chi connectivity index (χ3n) is 4.46. The van der Waals surface area contributed by atoms with Crippen LogP contribution in [-0.4, -0.2) is 16.6 Å². The molecule has 0 bridgehead atoms. The monoisotopic (exact) mass is 290 g/mol. The highest BCUT2D eigenvalue weighted by atomic mass is 16.3. The van der Waals surface area contributed by atoms with E-state index in [1.807, 2.05) is 12.1 Å². The fourth-order valence-corrected chi connectivity index (χ4v) is 3.43. The molecule has 0 fully saturated rings. The molecular formula is C19H18N2O. The van der Waals surface area contributed by atoms with E-state index in [9.17, 15) is 5.11 Å². The first-order chi connectivity index (χ1) is 10.8. The molecule has 3 heteroatoms. The Labute approximate surface area is 129 Å². The van der Waals surface area contributed by atoms with Gasteiger partial charge in [0.05, 0.1) is 23.5 Å². The van der Waals surface area contributed by atoms with Gasteiger partial charge in [-0.1, -0.05) is 36.4 Å². The third kappa shape index (κ3) is 1.90. The van der Waals surface area contributed by atoms with Gasteiger partial charge in [-0.15, -0.1) is 0 Å². The molecule has 2 aromatic carbocycles. The number of aliphatic hydroxyl groups is 1. The highest BCUT2D eigenvalue weighted by molar-refractivity contribution is 5.97. The summed E-state index contributed by atoms with van der Waals surface area (Å²) in [5.41, 5.74) is 6.66. The van der Waals surface area contributed by atoms with Gasteiger partial charge >= 0.3 is 0 Å². The lowest BCUT2D eigenvalue weighted by Gasteiger charge is -2.23. The molecule has 0 radical (unpaired) electrons. The van der Waals surface area contributed by atoms with Crippen LogP contribution in [0.2, 0.25) is 0 Å². The molecule has 1 N–H and O–H groups in total. The second-order valence-corrected chi connectivity index (χ2v) is 5.75. The second-order valence-electron chi connectivity index (χ2n) is 5.75. The van der Waals surface area contributed by atoms with Gasteiger partial charge in [-0.25, -0.2) is 4.98 Å². The maximum atomic E-state index is 9.69. The van der Waals surface area contributed by atoms with Gasteiger partial charge in [-0.3, -0.25) is 0 Å². The minimum absolute atomic E-state index is 0.00518. The van der Waals surface area contributed by atoms with Crippen LogP contribution in [0.3, 0.4) is 0 Å². The Kier molecular flexibility index (Phi) is 3.09. The van der Waals surface area contributed by atoms with E-state index in [0.717, 1.165) is 29.6 Å². The molecule has 0 atom stereocenters. The maximum Gasteiger partial charge on any atom is 0.0856 e. The molecule has 0 aliphatic carbocycles. The summed E-state index contributed by atoms with van der Waals surface area (Å²) in [6, 6.07) is 16.6. The van der Waals surface area contributed by atoms with Crippen molar-refractivity contribution in [2.75, 3.05) is 11.4 Å². The number of pyridine rings is 1. The molecule has 0 spiro atoms. The van der Waals surface area contributed by atoms with Crippen molar-refractivity contribution in [1.82, 2.24) is 4.98 Å². The predicted molar refractivity (Wildman–Crippen MR) is 89.6 cm³/mol. The van der Waals surface area contributed by atoms with E-state index in [1.165, 1.54) is 22.5 Å². The van der Waals surface area contributed by atoms with Crippen LogP contribution in [0.15, 0.2) is 48.5 Å². The molecular weight excluding hydrogens is 272 g/mol. The van der Waals surface area contributed by atoms with Crippen molar-refractivity contribution in [3.05, 3.63) is 65.4 Å². The number of anilines is 2. The fraction of sp³-hybridized carbons (Fsp3) is 0.211. The van der Waals surface area contributed by atoms with Gasteiger partial charge < -0.3 is 10.0 Å². The summed E-state index contributed by atoms with van der Waals surface area (Å²) >= 11 is 0. The molecule has 110 valence electrons. The zero-order valence-electron chi connectivity index (χ0n) is 12.6. The van der Waals surface area contributed by atoms with Crippen molar-refractivity contribution < 1.29 is 5.11 Å². The molecule has 1 aliphatic heterocycles. The minimum Gasteiger partial charge on any atom is -0.390 e. The zero-order valence-corrected chi connectivity index (χ0v) is 12.6. The van der Waals surface area contributed by atoms with Crippen molar-refractivity contribution in [2.24, 2.45) is 0 Å². The van der Waals surface area contributed by atoms with Crippen LogP contribution in [0.25, 0.3) is 10.9 Å². The number of rotatable bonds is 2. The van der Waals surface area contributed by atoms with Crippen molar-refractivity contribution in [3.63, 3.8) is 0 Å². The zero-order chi connectivity index (χ0) is 15.1. The van der Waals surface area contributed by atoms with Gasteiger partial charge in [0.15, 0.2) is 0 Å². The number of aryl methyl sites for hydroxylation is 1. The van der Waals surface area contributed by atoms with Crippen molar-refractivity contribution in [2.45, 2.75) is 20.0 Å². The summed E-state index contributed by atoms with van der Waals surface area (Å²) in [5, 5.41) is 10.9. The first kappa shape index (κ1) is 13.3. The summed E-state index contributed by atoms with van der Waals surface area (Å²) in [5.74, 6) is 0. The van der Waals surface area contributed by atoms with E-state index < -0.39 is 0 Å². The number of hydrogen-bond donors (Lipinski definition) is 1. The van der Waals surface area contributed by atoms with Gasteiger partial charge in [0.25, 0.3) is 0 Å². The molecule has 4 rings (SSSR count). The molecule has 1 aromatic heterocycles. The Balaban J connectivity index is 2.01. The molecule has 0 saturated heterocycles. The second kappa shape index (κ2) is 5.11. The van der Waals surface area contributed by atoms with Crippen molar-refractivity contribution >= 4 is 22.3 Å². The topological polar surface area (TPSA) is 36.4 Å². The van der Waals surface area contributed by atoms with Crippen LogP contribution in [0, 0.1) is 6.92 Å². The van der Waals surface area contributed by atoms with Crippen LogP contribution in [0.1, 0.15) is 16.8 Å². The minimum atomic E-state index is -0.00518. The number of aromatic nitrogens is 1. The number of benzene rings is 2. The first-order valence-electron chi connectivity index (χ1n) is 7.64. The van der Waals surface area contributed by atoms with Gasteiger partial charge in [-0.2, -0.15) is 0 Å². The molecule has 0 saturated carbocycles. The average Bonchev–Trinajstić information content (AvgIpc) is 2.99. The van der Waals surface area contributed by atoms with Crippen molar-refractivity contribution in [3.8, 4) is 0 Å². The molecule has 3 nitrogen and oxygen atoms in total. The predicted octanol–water partition coefficient (Wildman–Crippen LogP) is 3.73. The van der Waals surface area contributed by atoms with Crippen LogP contribution in [0.4, 0.5) is 11.4 Å². The highest BCUT2D eigenvalue weighted by Gasteiger charge is 2.27.